The number of hydrogen-bond donors (Lipinski definition) is 1. The minimum absolute atomic E-state index is 0.222. The smallest absolute Gasteiger partial charge is 0.273 e. The van der Waals surface area contributed by atoms with E-state index in [1.165, 1.54) is 24.3 Å². The summed E-state index contributed by atoms with van der Waals surface area (Å²) in [6, 6.07) is 7.00. The summed E-state index contributed by atoms with van der Waals surface area (Å²) in [6.45, 7) is 1.72. The first kappa shape index (κ1) is 17.7. The molecular formula is C14H11F3N2O4S. The van der Waals surface area contributed by atoms with Gasteiger partial charge < -0.3 is 0 Å². The van der Waals surface area contributed by atoms with Crippen LogP contribution in [0.1, 0.15) is 11.1 Å². The molecular weight excluding hydrogens is 349 g/mol. The zero-order chi connectivity index (χ0) is 18.1. The van der Waals surface area contributed by atoms with Gasteiger partial charge in [0.15, 0.2) is 0 Å². The number of aryl methyl sites for hydroxylation is 1. The van der Waals surface area contributed by atoms with Crippen LogP contribution in [0.4, 0.5) is 24.5 Å². The molecule has 0 aromatic heterocycles. The lowest BCUT2D eigenvalue weighted by atomic mass is 10.1. The maximum atomic E-state index is 12.8. The normalized spacial score (nSPS) is 12.0. The molecule has 0 amide bonds. The van der Waals surface area contributed by atoms with Crippen LogP contribution in [-0.2, 0) is 16.2 Å². The van der Waals surface area contributed by atoms with Crippen LogP contribution in [0.3, 0.4) is 0 Å². The first-order valence-corrected chi connectivity index (χ1v) is 7.94. The van der Waals surface area contributed by atoms with Gasteiger partial charge in [-0.25, -0.2) is 8.42 Å². The number of rotatable bonds is 4. The summed E-state index contributed by atoms with van der Waals surface area (Å²) in [4.78, 5) is 9.75. The molecule has 0 radical (unpaired) electrons. The van der Waals surface area contributed by atoms with Crippen molar-refractivity contribution in [1.82, 2.24) is 0 Å². The van der Waals surface area contributed by atoms with Gasteiger partial charge in [0.25, 0.3) is 15.7 Å². The Hall–Kier alpha value is -2.62. The molecule has 0 saturated carbocycles. The lowest BCUT2D eigenvalue weighted by molar-refractivity contribution is -0.383. The number of sulfonamides is 1. The molecule has 10 heteroatoms. The number of nitro groups is 1. The first-order chi connectivity index (χ1) is 11.0. The van der Waals surface area contributed by atoms with Gasteiger partial charge in [-0.05, 0) is 31.2 Å². The molecule has 128 valence electrons. The lowest BCUT2D eigenvalue weighted by Crippen LogP contribution is -2.15. The molecule has 0 saturated heterocycles. The Morgan fingerprint density at radius 2 is 1.67 bits per heavy atom. The van der Waals surface area contributed by atoms with Gasteiger partial charge in [0.2, 0.25) is 0 Å². The molecule has 0 heterocycles. The Kier molecular flexibility index (Phi) is 4.52. The van der Waals surface area contributed by atoms with Crippen molar-refractivity contribution in [3.8, 4) is 0 Å². The van der Waals surface area contributed by atoms with Crippen LogP contribution in [0, 0.1) is 17.0 Å². The van der Waals surface area contributed by atoms with E-state index >= 15 is 0 Å². The second kappa shape index (κ2) is 6.11. The maximum Gasteiger partial charge on any atom is 0.416 e. The molecule has 0 aliphatic carbocycles. The number of nitrogens with one attached hydrogen (secondary N) is 1. The van der Waals surface area contributed by atoms with Crippen LogP contribution in [0.2, 0.25) is 0 Å². The van der Waals surface area contributed by atoms with Gasteiger partial charge in [0.1, 0.15) is 5.69 Å². The highest BCUT2D eigenvalue weighted by Gasteiger charge is 2.33. The molecule has 6 nitrogen and oxygen atoms in total. The molecule has 2 aromatic carbocycles. The first-order valence-electron chi connectivity index (χ1n) is 6.46. The zero-order valence-electron chi connectivity index (χ0n) is 12.2. The van der Waals surface area contributed by atoms with E-state index in [0.29, 0.717) is 18.2 Å². The van der Waals surface area contributed by atoms with Crippen molar-refractivity contribution >= 4 is 21.4 Å². The third-order valence-electron chi connectivity index (χ3n) is 3.10. The SMILES string of the molecule is Cc1ccc(S(=O)(=O)Nc2cc(C(F)(F)F)ccc2[N+](=O)[O-])cc1. The fourth-order valence-electron chi connectivity index (χ4n) is 1.87. The van der Waals surface area contributed by atoms with Gasteiger partial charge in [-0.2, -0.15) is 13.2 Å². The van der Waals surface area contributed by atoms with Crippen molar-refractivity contribution in [1.29, 1.82) is 0 Å². The van der Waals surface area contributed by atoms with Crippen LogP contribution < -0.4 is 4.72 Å². The third kappa shape index (κ3) is 3.82. The van der Waals surface area contributed by atoms with Crippen LogP contribution >= 0.6 is 0 Å². The van der Waals surface area contributed by atoms with Crippen molar-refractivity contribution in [2.75, 3.05) is 4.72 Å². The van der Waals surface area contributed by atoms with E-state index in [2.05, 4.69) is 0 Å². The predicted octanol–water partition coefficient (Wildman–Crippen LogP) is 3.72. The zero-order valence-corrected chi connectivity index (χ0v) is 13.0. The van der Waals surface area contributed by atoms with E-state index in [-0.39, 0.29) is 4.90 Å². The minimum Gasteiger partial charge on any atom is -0.273 e. The molecule has 0 fully saturated rings. The number of nitrogens with zero attached hydrogens (tertiary/aromatic N) is 1. The summed E-state index contributed by atoms with van der Waals surface area (Å²) in [7, 11) is -4.27. The summed E-state index contributed by atoms with van der Waals surface area (Å²) in [5.41, 5.74) is -1.96. The molecule has 0 aliphatic rings. The number of nitro benzene ring substituents is 1. The Bertz CT molecular complexity index is 878. The van der Waals surface area contributed by atoms with Gasteiger partial charge >= 0.3 is 6.18 Å². The molecule has 0 atom stereocenters. The quantitative estimate of drug-likeness (QED) is 0.665. The number of benzene rings is 2. The molecule has 0 unspecified atom stereocenters. The summed E-state index contributed by atoms with van der Waals surface area (Å²) >= 11 is 0. The molecule has 0 spiro atoms. The minimum atomic E-state index is -4.76. The van der Waals surface area contributed by atoms with Crippen molar-refractivity contribution in [3.05, 3.63) is 63.7 Å². The van der Waals surface area contributed by atoms with Crippen LogP contribution in [0.25, 0.3) is 0 Å². The van der Waals surface area contributed by atoms with E-state index in [9.17, 15) is 31.7 Å². The van der Waals surface area contributed by atoms with Crippen molar-refractivity contribution in [2.45, 2.75) is 18.0 Å². The number of anilines is 1. The highest BCUT2D eigenvalue weighted by atomic mass is 32.2. The third-order valence-corrected chi connectivity index (χ3v) is 4.48. The fourth-order valence-corrected chi connectivity index (χ4v) is 2.94. The Balaban J connectivity index is 2.50. The monoisotopic (exact) mass is 360 g/mol. The number of alkyl halides is 3. The van der Waals surface area contributed by atoms with E-state index in [0.717, 1.165) is 5.56 Å². The van der Waals surface area contributed by atoms with E-state index in [1.54, 1.807) is 6.92 Å². The van der Waals surface area contributed by atoms with Crippen molar-refractivity contribution in [3.63, 3.8) is 0 Å². The highest BCUT2D eigenvalue weighted by Crippen LogP contribution is 2.35. The average Bonchev–Trinajstić information content (AvgIpc) is 2.46. The maximum absolute atomic E-state index is 12.8. The highest BCUT2D eigenvalue weighted by molar-refractivity contribution is 7.92. The summed E-state index contributed by atoms with van der Waals surface area (Å²) in [5, 5.41) is 10.9. The molecule has 2 rings (SSSR count). The second-order valence-electron chi connectivity index (χ2n) is 4.91. The Labute approximate surface area is 135 Å². The average molecular weight is 360 g/mol. The van der Waals surface area contributed by atoms with Crippen molar-refractivity contribution in [2.24, 2.45) is 0 Å². The van der Waals surface area contributed by atoms with Gasteiger partial charge in [-0.3, -0.25) is 14.8 Å². The van der Waals surface area contributed by atoms with Crippen LogP contribution in [0.15, 0.2) is 47.4 Å². The van der Waals surface area contributed by atoms with Gasteiger partial charge in [0, 0.05) is 6.07 Å². The summed E-state index contributed by atoms with van der Waals surface area (Å²) in [6.07, 6.45) is -4.76. The standard InChI is InChI=1S/C14H11F3N2O4S/c1-9-2-5-11(6-3-9)24(22,23)18-12-8-10(14(15,16)17)4-7-13(12)19(20)21/h2-8,18H,1H3. The largest absolute Gasteiger partial charge is 0.416 e. The van der Waals surface area contributed by atoms with E-state index in [4.69, 9.17) is 0 Å². The number of halogens is 3. The molecule has 1 N–H and O–H groups in total. The Morgan fingerprint density at radius 3 is 2.17 bits per heavy atom. The van der Waals surface area contributed by atoms with Gasteiger partial charge in [-0.1, -0.05) is 17.7 Å². The molecule has 24 heavy (non-hydrogen) atoms. The van der Waals surface area contributed by atoms with E-state index < -0.39 is 38.1 Å². The van der Waals surface area contributed by atoms with E-state index in [1.807, 2.05) is 4.72 Å². The van der Waals surface area contributed by atoms with Crippen LogP contribution in [-0.4, -0.2) is 13.3 Å². The fraction of sp³-hybridized carbons (Fsp3) is 0.143. The molecule has 0 bridgehead atoms. The van der Waals surface area contributed by atoms with Crippen LogP contribution in [0.5, 0.6) is 0 Å². The van der Waals surface area contributed by atoms with Gasteiger partial charge in [-0.15, -0.1) is 0 Å². The summed E-state index contributed by atoms with van der Waals surface area (Å²) in [5.74, 6) is 0. The topological polar surface area (TPSA) is 89.3 Å². The molecule has 0 aliphatic heterocycles. The predicted molar refractivity (Wildman–Crippen MR) is 80.1 cm³/mol. The Morgan fingerprint density at radius 1 is 1.08 bits per heavy atom. The lowest BCUT2D eigenvalue weighted by Gasteiger charge is -2.12. The summed E-state index contributed by atoms with van der Waals surface area (Å²) < 4.78 is 64.6. The van der Waals surface area contributed by atoms with Crippen molar-refractivity contribution < 1.29 is 26.5 Å². The van der Waals surface area contributed by atoms with Gasteiger partial charge in [0.05, 0.1) is 15.4 Å². The molecule has 2 aromatic rings. The number of hydrogen-bond acceptors (Lipinski definition) is 4. The second-order valence-corrected chi connectivity index (χ2v) is 6.59.